The molecule has 0 fully saturated rings. The van der Waals surface area contributed by atoms with Crippen LogP contribution in [0.1, 0.15) is 12.5 Å². The number of esters is 1. The topological polar surface area (TPSA) is 139 Å². The van der Waals surface area contributed by atoms with Gasteiger partial charge in [-0.15, -0.1) is 0 Å². The fourth-order valence-electron chi connectivity index (χ4n) is 3.83. The highest BCUT2D eigenvalue weighted by Gasteiger charge is 2.18. The molecule has 184 valence electrons. The molecule has 5 rings (SSSR count). The van der Waals surface area contributed by atoms with Crippen molar-refractivity contribution in [3.05, 3.63) is 92.8 Å². The van der Waals surface area contributed by atoms with Crippen LogP contribution in [-0.2, 0) is 4.79 Å². The van der Waals surface area contributed by atoms with Gasteiger partial charge in [-0.1, -0.05) is 18.2 Å². The Hall–Kier alpha value is -5.32. The van der Waals surface area contributed by atoms with Crippen LogP contribution in [0, 0.1) is 10.1 Å². The van der Waals surface area contributed by atoms with E-state index in [4.69, 9.17) is 13.9 Å². The van der Waals surface area contributed by atoms with Gasteiger partial charge in [-0.25, -0.2) is 4.98 Å². The molecular weight excluding hydrogens is 480 g/mol. The van der Waals surface area contributed by atoms with Gasteiger partial charge < -0.3 is 13.9 Å². The molecule has 0 saturated carbocycles. The van der Waals surface area contributed by atoms with E-state index in [0.29, 0.717) is 27.6 Å². The van der Waals surface area contributed by atoms with Gasteiger partial charge in [0.25, 0.3) is 11.2 Å². The van der Waals surface area contributed by atoms with Gasteiger partial charge >= 0.3 is 5.97 Å². The molecule has 2 heterocycles. The Labute approximate surface area is 208 Å². The van der Waals surface area contributed by atoms with E-state index in [0.717, 1.165) is 4.68 Å². The first kappa shape index (κ1) is 23.4. The Morgan fingerprint density at radius 3 is 2.65 bits per heavy atom. The van der Waals surface area contributed by atoms with E-state index >= 15 is 0 Å². The Balaban J connectivity index is 1.73. The molecule has 0 saturated heterocycles. The first-order chi connectivity index (χ1) is 17.9. The van der Waals surface area contributed by atoms with Gasteiger partial charge in [-0.3, -0.25) is 19.7 Å². The second-order valence-corrected chi connectivity index (χ2v) is 7.87. The molecule has 0 unspecified atom stereocenters. The van der Waals surface area contributed by atoms with Gasteiger partial charge in [0.05, 0.1) is 34.5 Å². The van der Waals surface area contributed by atoms with Gasteiger partial charge in [0.2, 0.25) is 5.82 Å². The number of carbonyl (C=O) groups is 1. The lowest BCUT2D eigenvalue weighted by Gasteiger charge is -2.08. The Morgan fingerprint density at radius 1 is 1.08 bits per heavy atom. The van der Waals surface area contributed by atoms with E-state index < -0.39 is 16.5 Å². The van der Waals surface area contributed by atoms with E-state index in [1.165, 1.54) is 38.4 Å². The quantitative estimate of drug-likeness (QED) is 0.109. The third-order valence-corrected chi connectivity index (χ3v) is 5.49. The summed E-state index contributed by atoms with van der Waals surface area (Å²) in [6.45, 7) is 1.20. The largest absolute Gasteiger partial charge is 0.496 e. The molecule has 2 aromatic heterocycles. The number of ether oxygens (including phenoxy) is 2. The van der Waals surface area contributed by atoms with Crippen LogP contribution in [0.3, 0.4) is 0 Å². The van der Waals surface area contributed by atoms with Gasteiger partial charge in [0.1, 0.15) is 17.1 Å². The van der Waals surface area contributed by atoms with Crippen LogP contribution in [0.5, 0.6) is 11.5 Å². The highest BCUT2D eigenvalue weighted by molar-refractivity contribution is 5.89. The molecule has 0 aliphatic rings. The van der Waals surface area contributed by atoms with Crippen molar-refractivity contribution >= 4 is 39.7 Å². The molecule has 0 N–H and O–H groups in total. The summed E-state index contributed by atoms with van der Waals surface area (Å²) in [5.74, 6) is 0.341. The second-order valence-electron chi connectivity index (χ2n) is 7.87. The van der Waals surface area contributed by atoms with Crippen molar-refractivity contribution < 1.29 is 23.6 Å². The van der Waals surface area contributed by atoms with Crippen molar-refractivity contribution in [2.75, 3.05) is 7.11 Å². The van der Waals surface area contributed by atoms with Crippen molar-refractivity contribution in [1.29, 1.82) is 0 Å². The number of non-ortho nitro benzene ring substituents is 1. The lowest BCUT2D eigenvalue weighted by atomic mass is 10.2. The highest BCUT2D eigenvalue weighted by atomic mass is 16.6. The van der Waals surface area contributed by atoms with Gasteiger partial charge in [0, 0.05) is 24.6 Å². The first-order valence-corrected chi connectivity index (χ1v) is 11.0. The number of hydrogen-bond donors (Lipinski definition) is 0. The Kier molecular flexibility index (Phi) is 5.94. The molecule has 0 aliphatic carbocycles. The minimum Gasteiger partial charge on any atom is -0.496 e. The molecule has 0 spiro atoms. The van der Waals surface area contributed by atoms with Gasteiger partial charge in [-0.2, -0.15) is 9.78 Å². The van der Waals surface area contributed by atoms with E-state index in [1.54, 1.807) is 48.5 Å². The van der Waals surface area contributed by atoms with Crippen molar-refractivity contribution in [2.24, 2.45) is 5.10 Å². The number of nitro groups is 1. The van der Waals surface area contributed by atoms with Crippen molar-refractivity contribution in [1.82, 2.24) is 9.66 Å². The van der Waals surface area contributed by atoms with Crippen LogP contribution in [0.2, 0.25) is 0 Å². The van der Waals surface area contributed by atoms with Crippen molar-refractivity contribution in [2.45, 2.75) is 6.92 Å². The molecule has 0 aliphatic heterocycles. The van der Waals surface area contributed by atoms with Crippen LogP contribution in [0.4, 0.5) is 5.69 Å². The monoisotopic (exact) mass is 498 g/mol. The zero-order valence-electron chi connectivity index (χ0n) is 19.6. The fraction of sp³-hybridized carbons (Fsp3) is 0.0769. The second kappa shape index (κ2) is 9.38. The van der Waals surface area contributed by atoms with Crippen LogP contribution in [0.15, 0.2) is 81.0 Å². The lowest BCUT2D eigenvalue weighted by Crippen LogP contribution is -2.20. The number of aromatic nitrogens is 2. The number of fused-ring (bicyclic) bond motifs is 2. The van der Waals surface area contributed by atoms with Crippen molar-refractivity contribution in [3.8, 4) is 23.1 Å². The number of nitrogens with zero attached hydrogens (tertiary/aromatic N) is 4. The average molecular weight is 498 g/mol. The van der Waals surface area contributed by atoms with Crippen LogP contribution in [0.25, 0.3) is 33.5 Å². The predicted molar refractivity (Wildman–Crippen MR) is 135 cm³/mol. The number of nitro benzene ring substituents is 1. The molecule has 5 aromatic rings. The summed E-state index contributed by atoms with van der Waals surface area (Å²) in [6.07, 6.45) is 1.19. The third kappa shape index (κ3) is 4.41. The number of rotatable bonds is 6. The zero-order valence-corrected chi connectivity index (χ0v) is 19.6. The summed E-state index contributed by atoms with van der Waals surface area (Å²) in [5.41, 5.74) is 0.316. The maximum atomic E-state index is 13.5. The smallest absolute Gasteiger partial charge is 0.308 e. The highest BCUT2D eigenvalue weighted by Crippen LogP contribution is 2.33. The van der Waals surface area contributed by atoms with Gasteiger partial charge in [-0.05, 0) is 36.4 Å². The summed E-state index contributed by atoms with van der Waals surface area (Å²) >= 11 is 0. The molecule has 11 heteroatoms. The average Bonchev–Trinajstić information content (AvgIpc) is 3.33. The first-order valence-electron chi connectivity index (χ1n) is 11.0. The van der Waals surface area contributed by atoms with Crippen molar-refractivity contribution in [3.63, 3.8) is 0 Å². The molecule has 3 aromatic carbocycles. The maximum Gasteiger partial charge on any atom is 0.308 e. The van der Waals surface area contributed by atoms with Gasteiger partial charge in [0.15, 0.2) is 5.76 Å². The van der Waals surface area contributed by atoms with Crippen LogP contribution in [-0.4, -0.2) is 33.9 Å². The molecule has 0 atom stereocenters. The molecule has 11 nitrogen and oxygen atoms in total. The number of carbonyl (C=O) groups excluding carboxylic acids is 1. The predicted octanol–water partition coefficient (Wildman–Crippen LogP) is 4.53. The molecule has 0 radical (unpaired) electrons. The normalized spacial score (nSPS) is 11.3. The van der Waals surface area contributed by atoms with E-state index in [1.807, 2.05) is 0 Å². The number of furan rings is 1. The number of benzene rings is 3. The Bertz CT molecular complexity index is 1790. The molecule has 0 bridgehead atoms. The molecule has 0 amide bonds. The Morgan fingerprint density at radius 2 is 1.89 bits per heavy atom. The summed E-state index contributed by atoms with van der Waals surface area (Å²) in [4.78, 5) is 40.3. The minimum absolute atomic E-state index is 0.0404. The van der Waals surface area contributed by atoms with Crippen LogP contribution >= 0.6 is 0 Å². The summed E-state index contributed by atoms with van der Waals surface area (Å²) in [5, 5.41) is 16.6. The number of methoxy groups -OCH3 is 1. The summed E-state index contributed by atoms with van der Waals surface area (Å²) < 4.78 is 17.6. The van der Waals surface area contributed by atoms with E-state index in [-0.39, 0.29) is 28.6 Å². The van der Waals surface area contributed by atoms with E-state index in [2.05, 4.69) is 10.1 Å². The molecular formula is C26H18N4O7. The zero-order chi connectivity index (χ0) is 26.1. The minimum atomic E-state index is -0.620. The third-order valence-electron chi connectivity index (χ3n) is 5.49. The summed E-state index contributed by atoms with van der Waals surface area (Å²) in [6, 6.07) is 17.4. The lowest BCUT2D eigenvalue weighted by molar-refractivity contribution is -0.384. The number of hydrogen-bond acceptors (Lipinski definition) is 9. The number of para-hydroxylation sites is 1. The SMILES string of the molecule is COc1cccc2oc(-c3nc4ccccc4c(=O)n3N=Cc3cc([N+](=O)[O-])ccc3OC(C)=O)cc12. The molecule has 37 heavy (non-hydrogen) atoms. The standard InChI is InChI=1S/C26H18N4O7/c1-15(31)36-21-11-10-17(30(33)34)12-16(21)14-27-29-25(28-20-7-4-3-6-18(20)26(29)32)24-13-19-22(35-2)8-5-9-23(19)37-24/h3-14H,1-2H3. The maximum absolute atomic E-state index is 13.5. The van der Waals surface area contributed by atoms with E-state index in [9.17, 15) is 19.7 Å². The fourth-order valence-corrected chi connectivity index (χ4v) is 3.83. The summed E-state index contributed by atoms with van der Waals surface area (Å²) in [7, 11) is 1.54. The van der Waals surface area contributed by atoms with Crippen LogP contribution < -0.4 is 15.0 Å².